The molecule has 1 fully saturated rings. The highest BCUT2D eigenvalue weighted by atomic mass is 15.2. The molecule has 2 nitrogen and oxygen atoms in total. The molecule has 1 aliphatic heterocycles. The number of nitrogens with one attached hydrogen (secondary N) is 1. The van der Waals surface area contributed by atoms with E-state index in [1.807, 2.05) is 0 Å². The number of hydrogen-bond acceptors (Lipinski definition) is 2. The van der Waals surface area contributed by atoms with Crippen LogP contribution in [0.4, 0.5) is 11.4 Å². The molecule has 1 unspecified atom stereocenters. The molecule has 23 heavy (non-hydrogen) atoms. The van der Waals surface area contributed by atoms with Crippen LogP contribution in [-0.2, 0) is 12.8 Å². The Morgan fingerprint density at radius 2 is 1.65 bits per heavy atom. The van der Waals surface area contributed by atoms with Crippen molar-refractivity contribution in [3.05, 3.63) is 59.7 Å². The largest absolute Gasteiger partial charge is 0.380 e. The van der Waals surface area contributed by atoms with Crippen molar-refractivity contribution in [3.63, 3.8) is 0 Å². The Balaban J connectivity index is 1.73. The summed E-state index contributed by atoms with van der Waals surface area (Å²) in [6, 6.07) is 18.1. The second-order valence-electron chi connectivity index (χ2n) is 6.42. The molecule has 1 saturated heterocycles. The van der Waals surface area contributed by atoms with Gasteiger partial charge in [0.15, 0.2) is 0 Å². The SMILES string of the molecule is CCc1ccccc1NC1CCCN(c2ccccc2CC)C1. The fourth-order valence-corrected chi connectivity index (χ4v) is 3.62. The Bertz CT molecular complexity index is 635. The lowest BCUT2D eigenvalue weighted by atomic mass is 10.0. The lowest BCUT2D eigenvalue weighted by molar-refractivity contribution is 0.529. The van der Waals surface area contributed by atoms with Gasteiger partial charge in [-0.1, -0.05) is 50.2 Å². The molecule has 0 spiro atoms. The Morgan fingerprint density at radius 3 is 2.43 bits per heavy atom. The van der Waals surface area contributed by atoms with Gasteiger partial charge in [-0.15, -0.1) is 0 Å². The molecule has 1 aliphatic rings. The van der Waals surface area contributed by atoms with Crippen LogP contribution in [-0.4, -0.2) is 19.1 Å². The molecule has 1 N–H and O–H groups in total. The Morgan fingerprint density at radius 1 is 0.957 bits per heavy atom. The minimum Gasteiger partial charge on any atom is -0.380 e. The van der Waals surface area contributed by atoms with Crippen LogP contribution in [0.2, 0.25) is 0 Å². The number of hydrogen-bond donors (Lipinski definition) is 1. The first kappa shape index (κ1) is 15.9. The first-order valence-corrected chi connectivity index (χ1v) is 8.99. The molecule has 2 aromatic carbocycles. The first-order valence-electron chi connectivity index (χ1n) is 8.99. The summed E-state index contributed by atoms with van der Waals surface area (Å²) in [5.41, 5.74) is 5.61. The lowest BCUT2D eigenvalue weighted by Gasteiger charge is -2.36. The average Bonchev–Trinajstić information content (AvgIpc) is 2.62. The van der Waals surface area contributed by atoms with E-state index in [4.69, 9.17) is 0 Å². The van der Waals surface area contributed by atoms with Crippen molar-refractivity contribution in [3.8, 4) is 0 Å². The molecule has 2 heteroatoms. The Hall–Kier alpha value is -1.96. The molecule has 122 valence electrons. The van der Waals surface area contributed by atoms with Gasteiger partial charge in [-0.3, -0.25) is 0 Å². The van der Waals surface area contributed by atoms with E-state index in [9.17, 15) is 0 Å². The predicted octanol–water partition coefficient (Wildman–Crippen LogP) is 4.89. The maximum absolute atomic E-state index is 3.80. The monoisotopic (exact) mass is 308 g/mol. The molecule has 0 aliphatic carbocycles. The zero-order valence-electron chi connectivity index (χ0n) is 14.4. The van der Waals surface area contributed by atoms with Crippen LogP contribution in [0.5, 0.6) is 0 Å². The molecule has 0 bridgehead atoms. The van der Waals surface area contributed by atoms with Gasteiger partial charge in [0.05, 0.1) is 0 Å². The predicted molar refractivity (Wildman–Crippen MR) is 100 cm³/mol. The highest BCUT2D eigenvalue weighted by molar-refractivity contribution is 5.56. The van der Waals surface area contributed by atoms with Gasteiger partial charge in [0.2, 0.25) is 0 Å². The third-order valence-corrected chi connectivity index (χ3v) is 4.89. The summed E-state index contributed by atoms with van der Waals surface area (Å²) in [6.07, 6.45) is 4.69. The van der Waals surface area contributed by atoms with Crippen molar-refractivity contribution in [2.24, 2.45) is 0 Å². The van der Waals surface area contributed by atoms with Gasteiger partial charge in [-0.05, 0) is 48.9 Å². The van der Waals surface area contributed by atoms with Crippen LogP contribution in [0.3, 0.4) is 0 Å². The quantitative estimate of drug-likeness (QED) is 0.846. The summed E-state index contributed by atoms with van der Waals surface area (Å²) in [6.45, 7) is 6.74. The van der Waals surface area contributed by atoms with Gasteiger partial charge in [-0.2, -0.15) is 0 Å². The zero-order valence-corrected chi connectivity index (χ0v) is 14.4. The third-order valence-electron chi connectivity index (χ3n) is 4.89. The standard InChI is InChI=1S/C21H28N2/c1-3-17-10-5-7-13-20(17)22-19-12-9-15-23(16-19)21-14-8-6-11-18(21)4-2/h5-8,10-11,13-14,19,22H,3-4,9,12,15-16H2,1-2H3. The summed E-state index contributed by atoms with van der Waals surface area (Å²) in [5.74, 6) is 0. The van der Waals surface area contributed by atoms with Crippen LogP contribution in [0, 0.1) is 0 Å². The van der Waals surface area contributed by atoms with Crippen molar-refractivity contribution < 1.29 is 0 Å². The fourth-order valence-electron chi connectivity index (χ4n) is 3.62. The number of benzene rings is 2. The maximum atomic E-state index is 3.80. The highest BCUT2D eigenvalue weighted by Crippen LogP contribution is 2.26. The first-order chi connectivity index (χ1) is 11.3. The molecule has 0 aromatic heterocycles. The molecule has 1 heterocycles. The molecular formula is C21H28N2. The minimum absolute atomic E-state index is 0.529. The van der Waals surface area contributed by atoms with Crippen molar-refractivity contribution >= 4 is 11.4 Å². The number of nitrogens with zero attached hydrogens (tertiary/aromatic N) is 1. The molecule has 2 aromatic rings. The van der Waals surface area contributed by atoms with Crippen molar-refractivity contribution in [2.75, 3.05) is 23.3 Å². The smallest absolute Gasteiger partial charge is 0.0437 e. The second kappa shape index (κ2) is 7.54. The van der Waals surface area contributed by atoms with Crippen LogP contribution < -0.4 is 10.2 Å². The minimum atomic E-state index is 0.529. The van der Waals surface area contributed by atoms with Crippen molar-refractivity contribution in [1.82, 2.24) is 0 Å². The Labute approximate surface area is 140 Å². The van der Waals surface area contributed by atoms with Gasteiger partial charge in [0, 0.05) is 30.5 Å². The van der Waals surface area contributed by atoms with Gasteiger partial charge >= 0.3 is 0 Å². The van der Waals surface area contributed by atoms with E-state index in [1.54, 1.807) is 0 Å². The van der Waals surface area contributed by atoms with E-state index >= 15 is 0 Å². The topological polar surface area (TPSA) is 15.3 Å². The molecule has 0 saturated carbocycles. The second-order valence-corrected chi connectivity index (χ2v) is 6.42. The van der Waals surface area contributed by atoms with Crippen LogP contribution in [0.1, 0.15) is 37.8 Å². The van der Waals surface area contributed by atoms with Gasteiger partial charge in [0.25, 0.3) is 0 Å². The van der Waals surface area contributed by atoms with Gasteiger partial charge < -0.3 is 10.2 Å². The van der Waals surface area contributed by atoms with Gasteiger partial charge in [-0.25, -0.2) is 0 Å². The summed E-state index contributed by atoms with van der Waals surface area (Å²) in [7, 11) is 0. The van der Waals surface area contributed by atoms with Gasteiger partial charge in [0.1, 0.15) is 0 Å². The Kier molecular flexibility index (Phi) is 5.22. The van der Waals surface area contributed by atoms with Crippen LogP contribution in [0.25, 0.3) is 0 Å². The summed E-state index contributed by atoms with van der Waals surface area (Å²) in [5, 5.41) is 3.80. The number of para-hydroxylation sites is 2. The summed E-state index contributed by atoms with van der Waals surface area (Å²) < 4.78 is 0. The van der Waals surface area contributed by atoms with Crippen molar-refractivity contribution in [2.45, 2.75) is 45.6 Å². The average molecular weight is 308 g/mol. The molecule has 0 radical (unpaired) electrons. The van der Waals surface area contributed by atoms with Crippen molar-refractivity contribution in [1.29, 1.82) is 0 Å². The van der Waals surface area contributed by atoms with E-state index in [1.165, 1.54) is 41.9 Å². The number of anilines is 2. The molecule has 3 rings (SSSR count). The zero-order chi connectivity index (χ0) is 16.1. The van der Waals surface area contributed by atoms with E-state index in [0.29, 0.717) is 6.04 Å². The van der Waals surface area contributed by atoms with E-state index in [-0.39, 0.29) is 0 Å². The highest BCUT2D eigenvalue weighted by Gasteiger charge is 2.21. The lowest BCUT2D eigenvalue weighted by Crippen LogP contribution is -2.42. The number of rotatable bonds is 5. The van der Waals surface area contributed by atoms with E-state index in [2.05, 4.69) is 72.6 Å². The molecule has 1 atom stereocenters. The number of piperidine rings is 1. The van der Waals surface area contributed by atoms with Crippen LogP contribution in [0.15, 0.2) is 48.5 Å². The number of aryl methyl sites for hydroxylation is 2. The summed E-state index contributed by atoms with van der Waals surface area (Å²) in [4.78, 5) is 2.56. The fraction of sp³-hybridized carbons (Fsp3) is 0.429. The molecule has 0 amide bonds. The third kappa shape index (κ3) is 3.69. The van der Waals surface area contributed by atoms with E-state index < -0.39 is 0 Å². The normalized spacial score (nSPS) is 18.0. The summed E-state index contributed by atoms with van der Waals surface area (Å²) >= 11 is 0. The molecular weight excluding hydrogens is 280 g/mol. The van der Waals surface area contributed by atoms with Crippen LogP contribution >= 0.6 is 0 Å². The van der Waals surface area contributed by atoms with E-state index in [0.717, 1.165) is 19.4 Å². The maximum Gasteiger partial charge on any atom is 0.0437 e.